The van der Waals surface area contributed by atoms with Crippen LogP contribution >= 0.6 is 27.3 Å². The molecule has 3 rings (SSSR count). The van der Waals surface area contributed by atoms with Gasteiger partial charge >= 0.3 is 0 Å². The Balaban J connectivity index is 1.88. The lowest BCUT2D eigenvalue weighted by atomic mass is 10.2. The molecule has 4 nitrogen and oxygen atoms in total. The molecular weight excluding hydrogens is 360 g/mol. The van der Waals surface area contributed by atoms with Crippen molar-refractivity contribution in [2.45, 2.75) is 0 Å². The van der Waals surface area contributed by atoms with Gasteiger partial charge in [-0.05, 0) is 23.8 Å². The predicted molar refractivity (Wildman–Crippen MR) is 93.8 cm³/mol. The van der Waals surface area contributed by atoms with Gasteiger partial charge in [0.15, 0.2) is 0 Å². The first kappa shape index (κ1) is 14.9. The molecule has 0 aliphatic heterocycles. The Morgan fingerprint density at radius 3 is 2.77 bits per heavy atom. The number of nitrogens with zero attached hydrogens (tertiary/aromatic N) is 4. The molecule has 0 unspecified atom stereocenters. The average molecular weight is 373 g/mol. The van der Waals surface area contributed by atoms with Gasteiger partial charge in [-0.25, -0.2) is 0 Å². The monoisotopic (exact) mass is 372 g/mol. The Hall–Kier alpha value is -2.05. The molecule has 0 atom stereocenters. The maximum Gasteiger partial charge on any atom is 0.210 e. The fraction of sp³-hybridized carbons (Fsp3) is 0.0625. The number of benzene rings is 1. The highest BCUT2D eigenvalue weighted by Crippen LogP contribution is 2.21. The van der Waals surface area contributed by atoms with Crippen LogP contribution in [0.2, 0.25) is 0 Å². The first-order valence-electron chi connectivity index (χ1n) is 6.61. The number of aromatic nitrogens is 2. The van der Waals surface area contributed by atoms with E-state index in [-0.39, 0.29) is 0 Å². The van der Waals surface area contributed by atoms with Crippen LogP contribution in [0.25, 0.3) is 11.3 Å². The molecular formula is C16H13BrN4S. The van der Waals surface area contributed by atoms with Crippen molar-refractivity contribution in [1.82, 2.24) is 9.55 Å². The second kappa shape index (κ2) is 6.81. The highest BCUT2D eigenvalue weighted by atomic mass is 79.9. The van der Waals surface area contributed by atoms with E-state index < -0.39 is 0 Å². The second-order valence-electron chi connectivity index (χ2n) is 4.60. The number of halogens is 1. The molecule has 0 bridgehead atoms. The van der Waals surface area contributed by atoms with Gasteiger partial charge in [0.2, 0.25) is 4.80 Å². The molecule has 2 heterocycles. The van der Waals surface area contributed by atoms with Gasteiger partial charge in [-0.2, -0.15) is 5.10 Å². The zero-order valence-corrected chi connectivity index (χ0v) is 14.3. The van der Waals surface area contributed by atoms with Gasteiger partial charge in [0.25, 0.3) is 0 Å². The fourth-order valence-corrected chi connectivity index (χ4v) is 3.07. The summed E-state index contributed by atoms with van der Waals surface area (Å²) < 4.78 is 3.11. The average Bonchev–Trinajstić information content (AvgIpc) is 2.90. The third-order valence-corrected chi connectivity index (χ3v) is 4.53. The highest BCUT2D eigenvalue weighted by molar-refractivity contribution is 9.10. The molecule has 0 saturated heterocycles. The number of rotatable bonds is 3. The Kier molecular flexibility index (Phi) is 4.60. The van der Waals surface area contributed by atoms with Crippen LogP contribution in [0.15, 0.2) is 68.8 Å². The lowest BCUT2D eigenvalue weighted by Crippen LogP contribution is -2.10. The van der Waals surface area contributed by atoms with E-state index >= 15 is 0 Å². The fourth-order valence-electron chi connectivity index (χ4n) is 1.94. The molecule has 0 spiro atoms. The van der Waals surface area contributed by atoms with E-state index in [2.05, 4.69) is 48.6 Å². The van der Waals surface area contributed by atoms with Crippen molar-refractivity contribution < 1.29 is 0 Å². The van der Waals surface area contributed by atoms with Gasteiger partial charge in [0, 0.05) is 34.9 Å². The molecule has 0 N–H and O–H groups in total. The van der Waals surface area contributed by atoms with Crippen LogP contribution in [-0.2, 0) is 7.05 Å². The minimum atomic E-state index is 0.845. The molecule has 110 valence electrons. The predicted octanol–water partition coefficient (Wildman–Crippen LogP) is 3.85. The molecule has 0 saturated carbocycles. The normalized spacial score (nSPS) is 12.2. The van der Waals surface area contributed by atoms with Crippen LogP contribution in [0.4, 0.5) is 0 Å². The highest BCUT2D eigenvalue weighted by Gasteiger charge is 2.04. The summed E-state index contributed by atoms with van der Waals surface area (Å²) in [6.45, 7) is 0. The van der Waals surface area contributed by atoms with Crippen molar-refractivity contribution in [3.8, 4) is 11.3 Å². The summed E-state index contributed by atoms with van der Waals surface area (Å²) >= 11 is 5.02. The van der Waals surface area contributed by atoms with Gasteiger partial charge in [0.05, 0.1) is 11.9 Å². The number of hydrogen-bond acceptors (Lipinski definition) is 4. The maximum atomic E-state index is 4.28. The molecule has 3 aromatic rings. The van der Waals surface area contributed by atoms with Crippen LogP contribution < -0.4 is 4.80 Å². The van der Waals surface area contributed by atoms with Crippen molar-refractivity contribution >= 4 is 33.5 Å². The Bertz CT molecular complexity index is 848. The van der Waals surface area contributed by atoms with Crippen LogP contribution in [0, 0.1) is 0 Å². The van der Waals surface area contributed by atoms with Crippen LogP contribution in [0.1, 0.15) is 5.56 Å². The summed E-state index contributed by atoms with van der Waals surface area (Å²) in [5, 5.41) is 10.5. The number of pyridine rings is 1. The van der Waals surface area contributed by atoms with E-state index in [0.717, 1.165) is 26.1 Å². The van der Waals surface area contributed by atoms with Gasteiger partial charge in [-0.3, -0.25) is 4.98 Å². The smallest absolute Gasteiger partial charge is 0.210 e. The maximum absolute atomic E-state index is 4.28. The summed E-state index contributed by atoms with van der Waals surface area (Å²) in [4.78, 5) is 4.88. The molecule has 0 amide bonds. The summed E-state index contributed by atoms with van der Waals surface area (Å²) in [6.07, 6.45) is 5.19. The Morgan fingerprint density at radius 2 is 2.05 bits per heavy atom. The molecule has 0 aliphatic rings. The topological polar surface area (TPSA) is 42.5 Å². The standard InChI is InChI=1S/C16H13BrN4S/c1-21-15(13-4-6-14(17)7-5-13)11-22-16(21)20-19-10-12-3-2-8-18-9-12/h2-11H,1H3. The largest absolute Gasteiger partial charge is 0.318 e. The summed E-state index contributed by atoms with van der Waals surface area (Å²) in [5.74, 6) is 0. The molecule has 22 heavy (non-hydrogen) atoms. The molecule has 0 aliphatic carbocycles. The SMILES string of the molecule is Cn1c(-c2ccc(Br)cc2)csc1=NN=Cc1cccnc1. The minimum Gasteiger partial charge on any atom is -0.318 e. The van der Waals surface area contributed by atoms with Gasteiger partial charge in [-0.1, -0.05) is 34.1 Å². The molecule has 0 fully saturated rings. The summed E-state index contributed by atoms with van der Waals surface area (Å²) in [6, 6.07) is 12.0. The molecule has 0 radical (unpaired) electrons. The van der Waals surface area contributed by atoms with Crippen LogP contribution in [-0.4, -0.2) is 15.8 Å². The summed E-state index contributed by atoms with van der Waals surface area (Å²) in [5.41, 5.74) is 3.20. The number of hydrogen-bond donors (Lipinski definition) is 0. The van der Waals surface area contributed by atoms with Gasteiger partial charge in [0.1, 0.15) is 0 Å². The van der Waals surface area contributed by atoms with Crippen LogP contribution in [0.5, 0.6) is 0 Å². The molecule has 6 heteroatoms. The van der Waals surface area contributed by atoms with Crippen molar-refractivity contribution in [3.05, 3.63) is 69.0 Å². The van der Waals surface area contributed by atoms with E-state index in [0.29, 0.717) is 0 Å². The first-order chi connectivity index (χ1) is 10.7. The van der Waals surface area contributed by atoms with E-state index in [1.165, 1.54) is 0 Å². The minimum absolute atomic E-state index is 0.845. The molecule has 1 aromatic carbocycles. The van der Waals surface area contributed by atoms with Gasteiger partial charge in [-0.15, -0.1) is 16.4 Å². The van der Waals surface area contributed by atoms with E-state index in [1.807, 2.05) is 35.9 Å². The van der Waals surface area contributed by atoms with Gasteiger partial charge < -0.3 is 4.57 Å². The summed E-state index contributed by atoms with van der Waals surface area (Å²) in [7, 11) is 1.99. The third kappa shape index (κ3) is 3.40. The van der Waals surface area contributed by atoms with Crippen molar-refractivity contribution in [1.29, 1.82) is 0 Å². The zero-order chi connectivity index (χ0) is 15.4. The Labute approximate surface area is 140 Å². The molecule has 2 aromatic heterocycles. The van der Waals surface area contributed by atoms with Crippen LogP contribution in [0.3, 0.4) is 0 Å². The van der Waals surface area contributed by atoms with Crippen molar-refractivity contribution in [2.24, 2.45) is 17.3 Å². The third-order valence-electron chi connectivity index (χ3n) is 3.10. The zero-order valence-electron chi connectivity index (χ0n) is 11.8. The quantitative estimate of drug-likeness (QED) is 0.508. The van der Waals surface area contributed by atoms with Crippen molar-refractivity contribution in [2.75, 3.05) is 0 Å². The lowest BCUT2D eigenvalue weighted by molar-refractivity contribution is 0.864. The lowest BCUT2D eigenvalue weighted by Gasteiger charge is -2.02. The van der Waals surface area contributed by atoms with E-state index in [1.54, 1.807) is 29.9 Å². The Morgan fingerprint density at radius 1 is 1.23 bits per heavy atom. The van der Waals surface area contributed by atoms with E-state index in [4.69, 9.17) is 0 Å². The number of thiazole rings is 1. The van der Waals surface area contributed by atoms with Crippen molar-refractivity contribution in [3.63, 3.8) is 0 Å². The second-order valence-corrected chi connectivity index (χ2v) is 6.35. The van der Waals surface area contributed by atoms with E-state index in [9.17, 15) is 0 Å². The first-order valence-corrected chi connectivity index (χ1v) is 8.29.